The first-order valence-corrected chi connectivity index (χ1v) is 14.8. The van der Waals surface area contributed by atoms with Crippen LogP contribution in [0.25, 0.3) is 0 Å². The summed E-state index contributed by atoms with van der Waals surface area (Å²) in [7, 11) is 0. The molecule has 0 bridgehead atoms. The molecule has 3 N–H and O–H groups in total. The van der Waals surface area contributed by atoms with Gasteiger partial charge in [0, 0.05) is 37.1 Å². The van der Waals surface area contributed by atoms with Crippen molar-refractivity contribution in [3.05, 3.63) is 23.3 Å². The van der Waals surface area contributed by atoms with Crippen LogP contribution in [0.4, 0.5) is 23.7 Å². The van der Waals surface area contributed by atoms with Crippen molar-refractivity contribution in [1.29, 1.82) is 0 Å². The van der Waals surface area contributed by atoms with Crippen LogP contribution in [0.5, 0.6) is 0 Å². The summed E-state index contributed by atoms with van der Waals surface area (Å²) in [6.07, 6.45) is -2.77. The largest absolute Gasteiger partial charge is 0.444 e. The lowest BCUT2D eigenvalue weighted by atomic mass is 9.81. The zero-order chi connectivity index (χ0) is 29.6. The number of amides is 2. The van der Waals surface area contributed by atoms with Crippen molar-refractivity contribution in [3.8, 4) is 0 Å². The third-order valence-electron chi connectivity index (χ3n) is 7.83. The molecule has 1 saturated heterocycles. The van der Waals surface area contributed by atoms with Gasteiger partial charge in [-0.25, -0.2) is 4.79 Å². The lowest BCUT2D eigenvalue weighted by Gasteiger charge is -2.53. The maximum Gasteiger partial charge on any atom is 0.417 e. The second-order valence-electron chi connectivity index (χ2n) is 12.3. The molecule has 0 aromatic heterocycles. The van der Waals surface area contributed by atoms with Crippen molar-refractivity contribution in [2.75, 3.05) is 31.1 Å². The summed E-state index contributed by atoms with van der Waals surface area (Å²) in [5, 5.41) is 11.2. The van der Waals surface area contributed by atoms with Crippen LogP contribution in [0.2, 0.25) is 0 Å². The number of hydrogen-bond acceptors (Lipinski definition) is 7. The number of piperidine rings is 1. The fourth-order valence-electron chi connectivity index (χ4n) is 5.88. The van der Waals surface area contributed by atoms with Gasteiger partial charge in [0.2, 0.25) is 0 Å². The standard InChI is InChI=1S/C28H41F3N4O4S/c1-17(2)35(18-8-6-12-33(16-18)25(38)39-26(3,4)5)23(36)19-14-21-22(15-20(19)28(29,30)31)40-27(9-7-10-27)24(37)34(21)13-11-32/h14-15,17-18,24,37H,6-13,16,32H2,1-5H3/t18-,24?/m1/s1. The van der Waals surface area contributed by atoms with Gasteiger partial charge in [-0.15, -0.1) is 11.8 Å². The van der Waals surface area contributed by atoms with Crippen LogP contribution in [0, 0.1) is 0 Å². The van der Waals surface area contributed by atoms with Crippen molar-refractivity contribution in [1.82, 2.24) is 9.80 Å². The third kappa shape index (κ3) is 6.04. The lowest BCUT2D eigenvalue weighted by molar-refractivity contribution is -0.138. The first-order chi connectivity index (χ1) is 18.6. The van der Waals surface area contributed by atoms with Crippen molar-refractivity contribution in [2.45, 2.75) is 106 Å². The molecule has 8 nitrogen and oxygen atoms in total. The number of likely N-dealkylation sites (tertiary alicyclic amines) is 1. The van der Waals surface area contributed by atoms with E-state index in [1.807, 2.05) is 0 Å². The Morgan fingerprint density at radius 2 is 1.90 bits per heavy atom. The number of hydrogen-bond donors (Lipinski definition) is 2. The summed E-state index contributed by atoms with van der Waals surface area (Å²) in [5.41, 5.74) is 4.06. The number of carbonyl (C=O) groups is 2. The Morgan fingerprint density at radius 1 is 1.23 bits per heavy atom. The van der Waals surface area contributed by atoms with Gasteiger partial charge in [-0.3, -0.25) is 4.79 Å². The van der Waals surface area contributed by atoms with E-state index in [0.29, 0.717) is 42.8 Å². The fourth-order valence-corrected chi connectivity index (χ4v) is 7.50. The molecule has 40 heavy (non-hydrogen) atoms. The summed E-state index contributed by atoms with van der Waals surface area (Å²) >= 11 is 1.27. The van der Waals surface area contributed by atoms with E-state index in [1.54, 1.807) is 39.5 Å². The number of nitrogens with zero attached hydrogens (tertiary/aromatic N) is 3. The van der Waals surface area contributed by atoms with Crippen LogP contribution in [0.1, 0.15) is 82.6 Å². The average Bonchev–Trinajstić information content (AvgIpc) is 2.82. The van der Waals surface area contributed by atoms with E-state index in [1.165, 1.54) is 27.6 Å². The molecule has 3 aliphatic rings. The predicted octanol–water partition coefficient (Wildman–Crippen LogP) is 5.07. The molecule has 1 saturated carbocycles. The van der Waals surface area contributed by atoms with Crippen molar-refractivity contribution in [3.63, 3.8) is 0 Å². The van der Waals surface area contributed by atoms with Gasteiger partial charge in [-0.1, -0.05) is 6.42 Å². The van der Waals surface area contributed by atoms with E-state index < -0.39 is 58.0 Å². The number of rotatable bonds is 5. The van der Waals surface area contributed by atoms with Gasteiger partial charge < -0.3 is 30.3 Å². The number of anilines is 1. The van der Waals surface area contributed by atoms with Crippen LogP contribution in [-0.4, -0.2) is 81.7 Å². The topological polar surface area (TPSA) is 99.3 Å². The first-order valence-electron chi connectivity index (χ1n) is 14.0. The zero-order valence-corrected chi connectivity index (χ0v) is 24.7. The molecule has 1 aromatic carbocycles. The highest BCUT2D eigenvalue weighted by Gasteiger charge is 2.52. The number of halogens is 3. The number of aliphatic hydroxyl groups excluding tert-OH is 1. The maximum atomic E-state index is 14.5. The number of alkyl halides is 3. The van der Waals surface area contributed by atoms with Crippen molar-refractivity contribution >= 4 is 29.4 Å². The van der Waals surface area contributed by atoms with Gasteiger partial charge in [-0.05, 0) is 72.4 Å². The van der Waals surface area contributed by atoms with E-state index in [-0.39, 0.29) is 19.6 Å². The Kier molecular flexibility index (Phi) is 8.65. The van der Waals surface area contributed by atoms with Gasteiger partial charge in [0.1, 0.15) is 11.8 Å². The van der Waals surface area contributed by atoms with Crippen LogP contribution < -0.4 is 10.6 Å². The number of benzene rings is 1. The lowest BCUT2D eigenvalue weighted by Crippen LogP contribution is -2.58. The number of thioether (sulfide) groups is 1. The second kappa shape index (κ2) is 11.2. The summed E-state index contributed by atoms with van der Waals surface area (Å²) in [6.45, 7) is 9.88. The quantitative estimate of drug-likeness (QED) is 0.497. The van der Waals surface area contributed by atoms with Crippen molar-refractivity contribution in [2.24, 2.45) is 5.73 Å². The fraction of sp³-hybridized carbons (Fsp3) is 0.714. The first kappa shape index (κ1) is 30.8. The molecule has 2 heterocycles. The molecule has 1 aromatic rings. The average molecular weight is 587 g/mol. The molecule has 224 valence electrons. The Bertz CT molecular complexity index is 1120. The molecule has 0 radical (unpaired) electrons. The normalized spacial score (nSPS) is 22.7. The zero-order valence-electron chi connectivity index (χ0n) is 23.9. The van der Waals surface area contributed by atoms with E-state index >= 15 is 0 Å². The number of aliphatic hydroxyl groups is 1. The van der Waals surface area contributed by atoms with E-state index in [0.717, 1.165) is 12.5 Å². The maximum absolute atomic E-state index is 14.5. The van der Waals surface area contributed by atoms with Crippen LogP contribution in [0.15, 0.2) is 17.0 Å². The van der Waals surface area contributed by atoms with Crippen molar-refractivity contribution < 1.29 is 32.6 Å². The number of carbonyl (C=O) groups excluding carboxylic acids is 2. The summed E-state index contributed by atoms with van der Waals surface area (Å²) in [4.78, 5) is 31.8. The molecular weight excluding hydrogens is 545 g/mol. The van der Waals surface area contributed by atoms with Gasteiger partial charge in [0.15, 0.2) is 0 Å². The minimum absolute atomic E-state index is 0.168. The highest BCUT2D eigenvalue weighted by Crippen LogP contribution is 2.57. The van der Waals surface area contributed by atoms with Crippen LogP contribution in [0.3, 0.4) is 0 Å². The number of nitrogens with two attached hydrogens (primary N) is 1. The molecule has 2 atom stereocenters. The smallest absolute Gasteiger partial charge is 0.417 e. The Balaban J connectivity index is 1.73. The second-order valence-corrected chi connectivity index (χ2v) is 13.7. The minimum Gasteiger partial charge on any atom is -0.444 e. The Labute approximate surface area is 238 Å². The van der Waals surface area contributed by atoms with Crippen LogP contribution in [-0.2, 0) is 10.9 Å². The van der Waals surface area contributed by atoms with Gasteiger partial charge in [0.05, 0.1) is 27.6 Å². The number of fused-ring (bicyclic) bond motifs is 1. The van der Waals surface area contributed by atoms with E-state index in [4.69, 9.17) is 10.5 Å². The highest BCUT2D eigenvalue weighted by molar-refractivity contribution is 8.01. The van der Waals surface area contributed by atoms with E-state index in [2.05, 4.69) is 0 Å². The summed E-state index contributed by atoms with van der Waals surface area (Å²) < 4.78 is 48.4. The Morgan fingerprint density at radius 3 is 2.42 bits per heavy atom. The molecule has 1 unspecified atom stereocenters. The SMILES string of the molecule is CC(C)N(C(=O)c1cc2c(cc1C(F)(F)F)SC1(CCC1)C(O)N2CCN)[C@@H]1CCCN(C(=O)OC(C)(C)C)C1. The predicted molar refractivity (Wildman–Crippen MR) is 148 cm³/mol. The van der Waals surface area contributed by atoms with Crippen LogP contribution >= 0.6 is 11.8 Å². The number of ether oxygens (including phenoxy) is 1. The monoisotopic (exact) mass is 586 g/mol. The summed E-state index contributed by atoms with van der Waals surface area (Å²) in [5.74, 6) is -0.753. The molecule has 4 rings (SSSR count). The van der Waals surface area contributed by atoms with Gasteiger partial charge >= 0.3 is 12.3 Å². The molecular formula is C28H41F3N4O4S. The molecule has 2 aliphatic heterocycles. The minimum atomic E-state index is -4.76. The van der Waals surface area contributed by atoms with Gasteiger partial charge in [-0.2, -0.15) is 13.2 Å². The third-order valence-corrected chi connectivity index (χ3v) is 9.40. The highest BCUT2D eigenvalue weighted by atomic mass is 32.2. The molecule has 1 aliphatic carbocycles. The molecule has 1 spiro atoms. The van der Waals surface area contributed by atoms with E-state index in [9.17, 15) is 27.9 Å². The molecule has 12 heteroatoms. The van der Waals surface area contributed by atoms with Gasteiger partial charge in [0.25, 0.3) is 5.91 Å². The Hall–Kier alpha value is -2.18. The molecule has 2 amide bonds. The molecule has 2 fully saturated rings. The summed E-state index contributed by atoms with van der Waals surface area (Å²) in [6, 6.07) is 1.44.